The Balaban J connectivity index is 1.96. The van der Waals surface area contributed by atoms with Crippen LogP contribution in [0, 0.1) is 11.7 Å². The fourth-order valence-electron chi connectivity index (χ4n) is 2.90. The van der Waals surface area contributed by atoms with E-state index in [1.165, 1.54) is 31.7 Å². The summed E-state index contributed by atoms with van der Waals surface area (Å²) in [5.41, 5.74) is 0.761. The lowest BCUT2D eigenvalue weighted by molar-refractivity contribution is 0.399. The lowest BCUT2D eigenvalue weighted by atomic mass is 9.94. The first-order valence-corrected chi connectivity index (χ1v) is 7.18. The molecule has 1 atom stereocenters. The third kappa shape index (κ3) is 3.69. The van der Waals surface area contributed by atoms with E-state index in [1.807, 2.05) is 7.05 Å². The SMILES string of the molecule is CNC(Cc1ccc(Cl)cc1F)CC1CCCC1. The highest BCUT2D eigenvalue weighted by atomic mass is 35.5. The molecule has 1 nitrogen and oxygen atoms in total. The van der Waals surface area contributed by atoms with Crippen LogP contribution in [-0.4, -0.2) is 13.1 Å². The molecule has 1 aliphatic carbocycles. The van der Waals surface area contributed by atoms with Crippen LogP contribution in [0.4, 0.5) is 4.39 Å². The maximum atomic E-state index is 13.7. The molecule has 18 heavy (non-hydrogen) atoms. The van der Waals surface area contributed by atoms with Crippen LogP contribution in [0.25, 0.3) is 0 Å². The van der Waals surface area contributed by atoms with Crippen molar-refractivity contribution in [3.05, 3.63) is 34.6 Å². The van der Waals surface area contributed by atoms with E-state index in [1.54, 1.807) is 12.1 Å². The minimum absolute atomic E-state index is 0.186. The molecule has 0 radical (unpaired) electrons. The zero-order valence-electron chi connectivity index (χ0n) is 10.9. The number of halogens is 2. The lowest BCUT2D eigenvalue weighted by Crippen LogP contribution is -2.30. The molecular weight excluding hydrogens is 249 g/mol. The molecule has 0 saturated heterocycles. The average molecular weight is 270 g/mol. The topological polar surface area (TPSA) is 12.0 Å². The van der Waals surface area contributed by atoms with Crippen LogP contribution in [0.2, 0.25) is 5.02 Å². The Kier molecular flexibility index (Phi) is 5.02. The van der Waals surface area contributed by atoms with E-state index in [9.17, 15) is 4.39 Å². The summed E-state index contributed by atoms with van der Waals surface area (Å²) in [7, 11) is 1.97. The summed E-state index contributed by atoms with van der Waals surface area (Å²) >= 11 is 5.77. The van der Waals surface area contributed by atoms with Gasteiger partial charge in [0.1, 0.15) is 5.82 Å². The second-order valence-electron chi connectivity index (χ2n) is 5.31. The molecule has 1 aliphatic rings. The predicted octanol–water partition coefficient (Wildman–Crippen LogP) is 4.19. The van der Waals surface area contributed by atoms with Gasteiger partial charge in [0.15, 0.2) is 0 Å². The number of likely N-dealkylation sites (N-methyl/N-ethyl adjacent to an activating group) is 1. The quantitative estimate of drug-likeness (QED) is 0.845. The van der Waals surface area contributed by atoms with Crippen LogP contribution in [0.15, 0.2) is 18.2 Å². The van der Waals surface area contributed by atoms with Crippen LogP contribution in [0.3, 0.4) is 0 Å². The lowest BCUT2D eigenvalue weighted by Gasteiger charge is -2.20. The van der Waals surface area contributed by atoms with Crippen molar-refractivity contribution in [3.63, 3.8) is 0 Å². The molecule has 1 aromatic carbocycles. The van der Waals surface area contributed by atoms with Crippen LogP contribution < -0.4 is 5.32 Å². The van der Waals surface area contributed by atoms with E-state index in [4.69, 9.17) is 11.6 Å². The normalized spacial score (nSPS) is 18.2. The van der Waals surface area contributed by atoms with Crippen LogP contribution in [0.1, 0.15) is 37.7 Å². The Bertz CT molecular complexity index is 388. The summed E-state index contributed by atoms with van der Waals surface area (Å²) in [6.07, 6.45) is 7.28. The summed E-state index contributed by atoms with van der Waals surface area (Å²) < 4.78 is 13.7. The number of benzene rings is 1. The summed E-state index contributed by atoms with van der Waals surface area (Å²) in [5.74, 6) is 0.631. The third-order valence-electron chi connectivity index (χ3n) is 3.98. The number of hydrogen-bond acceptors (Lipinski definition) is 1. The Morgan fingerprint density at radius 1 is 1.39 bits per heavy atom. The maximum Gasteiger partial charge on any atom is 0.127 e. The summed E-state index contributed by atoms with van der Waals surface area (Å²) in [4.78, 5) is 0. The van der Waals surface area contributed by atoms with Gasteiger partial charge in [0.2, 0.25) is 0 Å². The van der Waals surface area contributed by atoms with Crippen LogP contribution in [0.5, 0.6) is 0 Å². The van der Waals surface area contributed by atoms with Crippen molar-refractivity contribution in [2.24, 2.45) is 5.92 Å². The first kappa shape index (κ1) is 13.8. The molecule has 0 aromatic heterocycles. The van der Waals surface area contributed by atoms with Crippen molar-refractivity contribution in [1.82, 2.24) is 5.32 Å². The highest BCUT2D eigenvalue weighted by molar-refractivity contribution is 6.30. The monoisotopic (exact) mass is 269 g/mol. The molecule has 2 rings (SSSR count). The van der Waals surface area contributed by atoms with Gasteiger partial charge in [-0.15, -0.1) is 0 Å². The highest BCUT2D eigenvalue weighted by Crippen LogP contribution is 2.29. The van der Waals surface area contributed by atoms with Gasteiger partial charge in [-0.3, -0.25) is 0 Å². The van der Waals surface area contributed by atoms with Gasteiger partial charge >= 0.3 is 0 Å². The fraction of sp³-hybridized carbons (Fsp3) is 0.600. The molecule has 1 aromatic rings. The highest BCUT2D eigenvalue weighted by Gasteiger charge is 2.20. The van der Waals surface area contributed by atoms with Crippen LogP contribution >= 0.6 is 11.6 Å². The van der Waals surface area contributed by atoms with E-state index in [-0.39, 0.29) is 5.82 Å². The second-order valence-corrected chi connectivity index (χ2v) is 5.75. The smallest absolute Gasteiger partial charge is 0.127 e. The largest absolute Gasteiger partial charge is 0.317 e. The van der Waals surface area contributed by atoms with E-state index >= 15 is 0 Å². The Morgan fingerprint density at radius 2 is 2.11 bits per heavy atom. The van der Waals surface area contributed by atoms with Crippen molar-refractivity contribution < 1.29 is 4.39 Å². The van der Waals surface area contributed by atoms with E-state index < -0.39 is 0 Å². The Hall–Kier alpha value is -0.600. The molecular formula is C15H21ClFN. The third-order valence-corrected chi connectivity index (χ3v) is 4.22. The van der Waals surface area contributed by atoms with Gasteiger partial charge in [-0.2, -0.15) is 0 Å². The van der Waals surface area contributed by atoms with Gasteiger partial charge in [0, 0.05) is 11.1 Å². The molecule has 0 amide bonds. The zero-order chi connectivity index (χ0) is 13.0. The van der Waals surface area contributed by atoms with Gasteiger partial charge in [-0.25, -0.2) is 4.39 Å². The minimum Gasteiger partial charge on any atom is -0.317 e. The molecule has 0 aliphatic heterocycles. The van der Waals surface area contributed by atoms with Crippen LogP contribution in [-0.2, 0) is 6.42 Å². The molecule has 0 heterocycles. The van der Waals surface area contributed by atoms with Gasteiger partial charge in [-0.05, 0) is 43.5 Å². The van der Waals surface area contributed by atoms with Crippen molar-refractivity contribution in [1.29, 1.82) is 0 Å². The van der Waals surface area contributed by atoms with Gasteiger partial charge in [0.05, 0.1) is 0 Å². The molecule has 1 N–H and O–H groups in total. The Labute approximate surface area is 114 Å². The zero-order valence-corrected chi connectivity index (χ0v) is 11.6. The predicted molar refractivity (Wildman–Crippen MR) is 74.5 cm³/mol. The minimum atomic E-state index is -0.186. The van der Waals surface area contributed by atoms with E-state index in [2.05, 4.69) is 5.32 Å². The van der Waals surface area contributed by atoms with Gasteiger partial charge in [0.25, 0.3) is 0 Å². The summed E-state index contributed by atoms with van der Waals surface area (Å²) in [5, 5.41) is 3.79. The van der Waals surface area contributed by atoms with Gasteiger partial charge in [-0.1, -0.05) is 43.4 Å². The van der Waals surface area contributed by atoms with Crippen molar-refractivity contribution in [2.45, 2.75) is 44.6 Å². The molecule has 0 spiro atoms. The van der Waals surface area contributed by atoms with E-state index in [0.717, 1.165) is 24.3 Å². The number of hydrogen-bond donors (Lipinski definition) is 1. The molecule has 3 heteroatoms. The average Bonchev–Trinajstić information content (AvgIpc) is 2.84. The molecule has 0 bridgehead atoms. The van der Waals surface area contributed by atoms with Crippen molar-refractivity contribution in [3.8, 4) is 0 Å². The first-order valence-electron chi connectivity index (χ1n) is 6.80. The molecule has 1 fully saturated rings. The van der Waals surface area contributed by atoms with E-state index in [0.29, 0.717) is 11.1 Å². The molecule has 1 saturated carbocycles. The summed E-state index contributed by atoms with van der Waals surface area (Å²) in [6.45, 7) is 0. The Morgan fingerprint density at radius 3 is 2.72 bits per heavy atom. The number of nitrogens with one attached hydrogen (secondary N) is 1. The summed E-state index contributed by atoms with van der Waals surface area (Å²) in [6, 6.07) is 5.33. The second kappa shape index (κ2) is 6.53. The van der Waals surface area contributed by atoms with Gasteiger partial charge < -0.3 is 5.32 Å². The number of rotatable bonds is 5. The molecule has 100 valence electrons. The maximum absolute atomic E-state index is 13.7. The molecule has 1 unspecified atom stereocenters. The first-order chi connectivity index (χ1) is 8.69. The van der Waals surface area contributed by atoms with Crippen molar-refractivity contribution in [2.75, 3.05) is 7.05 Å². The fourth-order valence-corrected chi connectivity index (χ4v) is 3.06. The standard InChI is InChI=1S/C15H21ClFN/c1-18-14(8-11-4-2-3-5-11)9-12-6-7-13(16)10-15(12)17/h6-7,10-11,14,18H,2-5,8-9H2,1H3. The van der Waals surface area contributed by atoms with Crippen molar-refractivity contribution >= 4 is 11.6 Å².